The number of rotatable bonds is 8. The maximum atomic E-state index is 12.6. The van der Waals surface area contributed by atoms with Gasteiger partial charge in [0.15, 0.2) is 11.5 Å². The number of hydrogen-bond donors (Lipinski definition) is 1. The zero-order valence-electron chi connectivity index (χ0n) is 16.5. The van der Waals surface area contributed by atoms with Crippen molar-refractivity contribution in [3.63, 3.8) is 0 Å². The van der Waals surface area contributed by atoms with Gasteiger partial charge in [-0.15, -0.1) is 0 Å². The summed E-state index contributed by atoms with van der Waals surface area (Å²) >= 11 is 0. The first-order chi connectivity index (χ1) is 14.2. The lowest BCUT2D eigenvalue weighted by molar-refractivity contribution is -0.117. The number of hydrogen-bond acceptors (Lipinski definition) is 5. The molecule has 2 aromatic carbocycles. The van der Waals surface area contributed by atoms with Gasteiger partial charge in [0.05, 0.1) is 27.6 Å². The Morgan fingerprint density at radius 1 is 0.966 bits per heavy atom. The molecule has 150 valence electrons. The summed E-state index contributed by atoms with van der Waals surface area (Å²) in [7, 11) is 4.64. The Hall–Kier alpha value is -3.67. The number of methoxy groups -OCH3 is 3. The summed E-state index contributed by atoms with van der Waals surface area (Å²) in [5.74, 6) is 1.93. The molecule has 3 aromatic rings. The van der Waals surface area contributed by atoms with Crippen LogP contribution in [-0.2, 0) is 4.79 Å². The van der Waals surface area contributed by atoms with Crippen LogP contribution in [0.2, 0.25) is 0 Å². The summed E-state index contributed by atoms with van der Waals surface area (Å²) in [5, 5.41) is 2.98. The maximum Gasteiger partial charge on any atom is 0.244 e. The minimum absolute atomic E-state index is 0.260. The van der Waals surface area contributed by atoms with E-state index in [1.807, 2.05) is 36.4 Å². The highest BCUT2D eigenvalue weighted by atomic mass is 16.5. The van der Waals surface area contributed by atoms with Crippen LogP contribution in [0.15, 0.2) is 71.4 Å². The highest BCUT2D eigenvalue weighted by Gasteiger charge is 2.18. The van der Waals surface area contributed by atoms with Crippen LogP contribution >= 0.6 is 0 Å². The van der Waals surface area contributed by atoms with Gasteiger partial charge in [0.2, 0.25) is 11.7 Å². The number of ether oxygens (including phenoxy) is 3. The molecule has 0 bridgehead atoms. The first-order valence-electron chi connectivity index (χ1n) is 9.03. The Labute approximate surface area is 169 Å². The molecule has 0 spiro atoms. The zero-order valence-corrected chi connectivity index (χ0v) is 16.5. The van der Waals surface area contributed by atoms with E-state index in [1.165, 1.54) is 6.08 Å². The monoisotopic (exact) mass is 393 g/mol. The largest absolute Gasteiger partial charge is 0.493 e. The van der Waals surface area contributed by atoms with Gasteiger partial charge >= 0.3 is 0 Å². The van der Waals surface area contributed by atoms with Crippen LogP contribution in [0.5, 0.6) is 17.2 Å². The average Bonchev–Trinajstić information content (AvgIpc) is 3.30. The Balaban J connectivity index is 1.81. The summed E-state index contributed by atoms with van der Waals surface area (Å²) in [6.07, 6.45) is 4.73. The van der Waals surface area contributed by atoms with E-state index >= 15 is 0 Å². The second-order valence-electron chi connectivity index (χ2n) is 6.16. The molecule has 0 aliphatic carbocycles. The van der Waals surface area contributed by atoms with Gasteiger partial charge in [0, 0.05) is 6.08 Å². The van der Waals surface area contributed by atoms with Crippen LogP contribution in [0.3, 0.4) is 0 Å². The topological polar surface area (TPSA) is 69.9 Å². The molecule has 0 saturated heterocycles. The molecule has 29 heavy (non-hydrogen) atoms. The smallest absolute Gasteiger partial charge is 0.244 e. The Morgan fingerprint density at radius 3 is 2.21 bits per heavy atom. The third-order valence-electron chi connectivity index (χ3n) is 4.36. The molecule has 1 N–H and O–H groups in total. The van der Waals surface area contributed by atoms with Crippen molar-refractivity contribution < 1.29 is 23.4 Å². The van der Waals surface area contributed by atoms with Crippen molar-refractivity contribution in [1.82, 2.24) is 5.32 Å². The van der Waals surface area contributed by atoms with Gasteiger partial charge in [-0.3, -0.25) is 4.79 Å². The molecule has 0 fully saturated rings. The molecule has 0 saturated carbocycles. The number of furan rings is 1. The number of amides is 1. The summed E-state index contributed by atoms with van der Waals surface area (Å²) in [4.78, 5) is 12.6. The Kier molecular flexibility index (Phi) is 6.58. The molecule has 1 amide bonds. The molecular weight excluding hydrogens is 370 g/mol. The maximum absolute atomic E-state index is 12.6. The molecule has 3 rings (SSSR count). The number of nitrogens with one attached hydrogen (secondary N) is 1. The van der Waals surface area contributed by atoms with Crippen LogP contribution in [-0.4, -0.2) is 27.2 Å². The lowest BCUT2D eigenvalue weighted by Gasteiger charge is -2.16. The number of benzene rings is 2. The van der Waals surface area contributed by atoms with Gasteiger partial charge in [-0.05, 0) is 41.5 Å². The van der Waals surface area contributed by atoms with E-state index in [0.29, 0.717) is 23.0 Å². The fourth-order valence-electron chi connectivity index (χ4n) is 2.98. The second kappa shape index (κ2) is 9.50. The number of carbonyl (C=O) groups excluding carboxylic acids is 1. The van der Waals surface area contributed by atoms with Crippen LogP contribution in [0.4, 0.5) is 0 Å². The van der Waals surface area contributed by atoms with Gasteiger partial charge < -0.3 is 23.9 Å². The fraction of sp³-hybridized carbons (Fsp3) is 0.174. The third-order valence-corrected chi connectivity index (χ3v) is 4.36. The van der Waals surface area contributed by atoms with Crippen molar-refractivity contribution >= 4 is 12.0 Å². The van der Waals surface area contributed by atoms with Crippen molar-refractivity contribution in [2.45, 2.75) is 6.04 Å². The summed E-state index contributed by atoms with van der Waals surface area (Å²) in [6.45, 7) is 0. The van der Waals surface area contributed by atoms with Gasteiger partial charge in [0.1, 0.15) is 11.8 Å². The van der Waals surface area contributed by atoms with E-state index in [0.717, 1.165) is 11.1 Å². The van der Waals surface area contributed by atoms with Gasteiger partial charge in [-0.1, -0.05) is 30.3 Å². The first-order valence-corrected chi connectivity index (χ1v) is 9.03. The van der Waals surface area contributed by atoms with E-state index in [-0.39, 0.29) is 11.9 Å². The fourth-order valence-corrected chi connectivity index (χ4v) is 2.98. The molecule has 0 aliphatic heterocycles. The van der Waals surface area contributed by atoms with Crippen LogP contribution in [0.25, 0.3) is 6.08 Å². The van der Waals surface area contributed by atoms with E-state index in [1.54, 1.807) is 51.9 Å². The van der Waals surface area contributed by atoms with Crippen molar-refractivity contribution in [2.24, 2.45) is 0 Å². The highest BCUT2D eigenvalue weighted by Crippen LogP contribution is 2.38. The molecular formula is C23H23NO5. The summed E-state index contributed by atoms with van der Waals surface area (Å²) in [5.41, 5.74) is 1.67. The van der Waals surface area contributed by atoms with Crippen LogP contribution < -0.4 is 19.5 Å². The molecule has 0 radical (unpaired) electrons. The van der Waals surface area contributed by atoms with Gasteiger partial charge in [-0.25, -0.2) is 0 Å². The van der Waals surface area contributed by atoms with E-state index < -0.39 is 0 Å². The summed E-state index contributed by atoms with van der Waals surface area (Å²) in [6, 6.07) is 16.4. The van der Waals surface area contributed by atoms with Crippen LogP contribution in [0, 0.1) is 0 Å². The quantitative estimate of drug-likeness (QED) is 0.580. The molecule has 0 unspecified atom stereocenters. The molecule has 6 nitrogen and oxygen atoms in total. The SMILES string of the molecule is COc1cc(/C=C/C(=O)N[C@H](c2ccccc2)c2ccco2)cc(OC)c1OC. The van der Waals surface area contributed by atoms with E-state index in [4.69, 9.17) is 18.6 Å². The van der Waals surface area contributed by atoms with Crippen molar-refractivity contribution in [1.29, 1.82) is 0 Å². The predicted octanol–water partition coefficient (Wildman–Crippen LogP) is 4.22. The average molecular weight is 393 g/mol. The molecule has 1 aromatic heterocycles. The van der Waals surface area contributed by atoms with Crippen LogP contribution in [0.1, 0.15) is 22.9 Å². The second-order valence-corrected chi connectivity index (χ2v) is 6.16. The summed E-state index contributed by atoms with van der Waals surface area (Å²) < 4.78 is 21.5. The minimum Gasteiger partial charge on any atom is -0.493 e. The predicted molar refractivity (Wildman–Crippen MR) is 110 cm³/mol. The Bertz CT molecular complexity index is 939. The normalized spacial score (nSPS) is 11.8. The lowest BCUT2D eigenvalue weighted by atomic mass is 10.0. The van der Waals surface area contributed by atoms with E-state index in [2.05, 4.69) is 5.32 Å². The van der Waals surface area contributed by atoms with Crippen molar-refractivity contribution in [2.75, 3.05) is 21.3 Å². The minimum atomic E-state index is -0.386. The Morgan fingerprint density at radius 2 is 1.66 bits per heavy atom. The lowest BCUT2D eigenvalue weighted by Crippen LogP contribution is -2.27. The van der Waals surface area contributed by atoms with Gasteiger partial charge in [0.25, 0.3) is 0 Å². The molecule has 0 aliphatic rings. The van der Waals surface area contributed by atoms with Crippen molar-refractivity contribution in [3.8, 4) is 17.2 Å². The molecule has 1 atom stereocenters. The highest BCUT2D eigenvalue weighted by molar-refractivity contribution is 5.92. The zero-order chi connectivity index (χ0) is 20.6. The molecule has 6 heteroatoms. The van der Waals surface area contributed by atoms with Crippen molar-refractivity contribution in [3.05, 3.63) is 83.8 Å². The standard InChI is InChI=1S/C23H23NO5/c1-26-19-14-16(15-20(27-2)23(19)28-3)11-12-21(25)24-22(18-10-7-13-29-18)17-8-5-4-6-9-17/h4-15,22H,1-3H3,(H,24,25)/b12-11+/t22-/m1/s1. The third kappa shape index (κ3) is 4.79. The first kappa shape index (κ1) is 20.1. The molecule has 1 heterocycles. The van der Waals surface area contributed by atoms with E-state index in [9.17, 15) is 4.79 Å². The number of carbonyl (C=O) groups is 1. The van der Waals surface area contributed by atoms with Gasteiger partial charge in [-0.2, -0.15) is 0 Å².